The molecule has 1 aliphatic heterocycles. The SMILES string of the molecule is CSc1ccc(/C=C2/C(=O)N(Cc3ccco3)C(=O)C(C#N)=C2C)cc1. The van der Waals surface area contributed by atoms with E-state index in [1.54, 1.807) is 36.9 Å². The molecule has 0 saturated carbocycles. The predicted molar refractivity (Wildman–Crippen MR) is 98.8 cm³/mol. The van der Waals surface area contributed by atoms with E-state index in [0.29, 0.717) is 16.9 Å². The lowest BCUT2D eigenvalue weighted by molar-refractivity contribution is -0.141. The van der Waals surface area contributed by atoms with Crippen molar-refractivity contribution in [2.45, 2.75) is 18.4 Å². The van der Waals surface area contributed by atoms with Crippen LogP contribution in [0.5, 0.6) is 0 Å². The van der Waals surface area contributed by atoms with E-state index in [1.807, 2.05) is 36.6 Å². The molecule has 0 unspecified atom stereocenters. The summed E-state index contributed by atoms with van der Waals surface area (Å²) >= 11 is 1.63. The lowest BCUT2D eigenvalue weighted by atomic mass is 9.93. The van der Waals surface area contributed by atoms with Crippen LogP contribution < -0.4 is 0 Å². The maximum Gasteiger partial charge on any atom is 0.272 e. The Bertz CT molecular complexity index is 948. The first-order chi connectivity index (χ1) is 12.5. The van der Waals surface area contributed by atoms with E-state index >= 15 is 0 Å². The molecule has 1 aromatic carbocycles. The van der Waals surface area contributed by atoms with Crippen LogP contribution in [0.25, 0.3) is 6.08 Å². The van der Waals surface area contributed by atoms with Crippen molar-refractivity contribution in [1.29, 1.82) is 5.26 Å². The Balaban J connectivity index is 2.03. The Morgan fingerprint density at radius 1 is 1.19 bits per heavy atom. The van der Waals surface area contributed by atoms with Gasteiger partial charge in [-0.25, -0.2) is 0 Å². The van der Waals surface area contributed by atoms with Crippen LogP contribution in [0, 0.1) is 11.3 Å². The summed E-state index contributed by atoms with van der Waals surface area (Å²) in [6.45, 7) is 1.62. The minimum atomic E-state index is -0.596. The topological polar surface area (TPSA) is 74.3 Å². The van der Waals surface area contributed by atoms with Gasteiger partial charge in [-0.1, -0.05) is 12.1 Å². The van der Waals surface area contributed by atoms with E-state index in [0.717, 1.165) is 15.4 Å². The summed E-state index contributed by atoms with van der Waals surface area (Å²) in [6.07, 6.45) is 5.17. The molecule has 1 aromatic heterocycles. The first-order valence-corrected chi connectivity index (χ1v) is 9.13. The van der Waals surface area contributed by atoms with Crippen molar-refractivity contribution in [1.82, 2.24) is 4.90 Å². The highest BCUT2D eigenvalue weighted by atomic mass is 32.2. The third-order valence-corrected chi connectivity index (χ3v) is 4.89. The predicted octanol–water partition coefficient (Wildman–Crippen LogP) is 3.79. The first kappa shape index (κ1) is 17.8. The normalized spacial score (nSPS) is 16.3. The van der Waals surface area contributed by atoms with Crippen molar-refractivity contribution in [3.63, 3.8) is 0 Å². The van der Waals surface area contributed by atoms with Crippen LogP contribution in [0.1, 0.15) is 18.2 Å². The number of nitrogens with zero attached hydrogens (tertiary/aromatic N) is 2. The number of benzene rings is 1. The van der Waals surface area contributed by atoms with E-state index in [-0.39, 0.29) is 12.1 Å². The second kappa shape index (κ2) is 7.46. The maximum atomic E-state index is 12.9. The molecule has 1 aliphatic rings. The number of imide groups is 1. The van der Waals surface area contributed by atoms with Crippen LogP contribution in [0.3, 0.4) is 0 Å². The van der Waals surface area contributed by atoms with Gasteiger partial charge < -0.3 is 4.42 Å². The Morgan fingerprint density at radius 2 is 1.92 bits per heavy atom. The van der Waals surface area contributed by atoms with Crippen LogP contribution in [-0.2, 0) is 16.1 Å². The second-order valence-corrected chi connectivity index (χ2v) is 6.60. The van der Waals surface area contributed by atoms with Crippen LogP contribution >= 0.6 is 11.8 Å². The van der Waals surface area contributed by atoms with Gasteiger partial charge in [0.15, 0.2) is 0 Å². The molecule has 5 nitrogen and oxygen atoms in total. The average Bonchev–Trinajstić information content (AvgIpc) is 3.16. The molecule has 2 heterocycles. The molecule has 2 amide bonds. The molecule has 130 valence electrons. The Hall–Kier alpha value is -3.04. The lowest BCUT2D eigenvalue weighted by Gasteiger charge is -2.26. The van der Waals surface area contributed by atoms with Crippen molar-refractivity contribution >= 4 is 29.7 Å². The largest absolute Gasteiger partial charge is 0.467 e. The molecule has 0 aliphatic carbocycles. The van der Waals surface area contributed by atoms with Gasteiger partial charge in [0.05, 0.1) is 12.8 Å². The second-order valence-electron chi connectivity index (χ2n) is 5.72. The number of carbonyl (C=O) groups excluding carboxylic acids is 2. The summed E-state index contributed by atoms with van der Waals surface area (Å²) in [5, 5.41) is 9.39. The standard InChI is InChI=1S/C20H16N2O3S/c1-13-17(10-14-5-7-16(26-2)8-6-14)19(23)22(20(24)18(13)11-21)12-15-4-3-9-25-15/h3-10H,12H2,1-2H3/b17-10+. The Kier molecular flexibility index (Phi) is 5.10. The van der Waals surface area contributed by atoms with Crippen LogP contribution in [-0.4, -0.2) is 23.0 Å². The van der Waals surface area contributed by atoms with E-state index < -0.39 is 11.8 Å². The molecule has 0 saturated heterocycles. The molecule has 3 rings (SSSR count). The number of hydrogen-bond donors (Lipinski definition) is 0. The van der Waals surface area contributed by atoms with Crippen LogP contribution in [0.15, 0.2) is 68.7 Å². The number of rotatable bonds is 4. The quantitative estimate of drug-likeness (QED) is 0.469. The summed E-state index contributed by atoms with van der Waals surface area (Å²) in [6, 6.07) is 13.0. The Morgan fingerprint density at radius 3 is 2.50 bits per heavy atom. The minimum Gasteiger partial charge on any atom is -0.467 e. The van der Waals surface area contributed by atoms with E-state index in [2.05, 4.69) is 0 Å². The number of hydrogen-bond acceptors (Lipinski definition) is 5. The van der Waals surface area contributed by atoms with Gasteiger partial charge in [-0.2, -0.15) is 5.26 Å². The fourth-order valence-electron chi connectivity index (χ4n) is 2.70. The van der Waals surface area contributed by atoms with Gasteiger partial charge in [0.2, 0.25) is 0 Å². The number of furan rings is 1. The molecule has 0 fully saturated rings. The van der Waals surface area contributed by atoms with Gasteiger partial charge in [-0.3, -0.25) is 14.5 Å². The number of carbonyl (C=O) groups is 2. The minimum absolute atomic E-state index is 0.00806. The molecular formula is C20H16N2O3S. The van der Waals surface area contributed by atoms with E-state index in [4.69, 9.17) is 4.42 Å². The summed E-state index contributed by atoms with van der Waals surface area (Å²) in [5.41, 5.74) is 1.54. The fourth-order valence-corrected chi connectivity index (χ4v) is 3.11. The van der Waals surface area contributed by atoms with Gasteiger partial charge in [0.1, 0.15) is 17.4 Å². The molecule has 0 atom stereocenters. The summed E-state index contributed by atoms with van der Waals surface area (Å²) in [5.74, 6) is -0.551. The molecule has 2 aromatic rings. The zero-order valence-electron chi connectivity index (χ0n) is 14.4. The van der Waals surface area contributed by atoms with E-state index in [1.165, 1.54) is 6.26 Å². The van der Waals surface area contributed by atoms with Gasteiger partial charge in [-0.15, -0.1) is 11.8 Å². The van der Waals surface area contributed by atoms with Crippen LogP contribution in [0.2, 0.25) is 0 Å². The zero-order chi connectivity index (χ0) is 18.7. The van der Waals surface area contributed by atoms with Crippen molar-refractivity contribution in [3.8, 4) is 6.07 Å². The average molecular weight is 364 g/mol. The molecule has 0 bridgehead atoms. The number of amides is 2. The smallest absolute Gasteiger partial charge is 0.272 e. The molecular weight excluding hydrogens is 348 g/mol. The molecule has 0 spiro atoms. The van der Waals surface area contributed by atoms with Crippen molar-refractivity contribution in [2.24, 2.45) is 0 Å². The summed E-state index contributed by atoms with van der Waals surface area (Å²) in [4.78, 5) is 27.6. The molecule has 26 heavy (non-hydrogen) atoms. The van der Waals surface area contributed by atoms with Crippen LogP contribution in [0.4, 0.5) is 0 Å². The van der Waals surface area contributed by atoms with Gasteiger partial charge in [0, 0.05) is 10.5 Å². The first-order valence-electron chi connectivity index (χ1n) is 7.91. The van der Waals surface area contributed by atoms with Crippen molar-refractivity contribution < 1.29 is 14.0 Å². The highest BCUT2D eigenvalue weighted by Gasteiger charge is 2.35. The van der Waals surface area contributed by atoms with E-state index in [9.17, 15) is 14.9 Å². The number of thioether (sulfide) groups is 1. The Labute approximate surface area is 155 Å². The zero-order valence-corrected chi connectivity index (χ0v) is 15.2. The summed E-state index contributed by atoms with van der Waals surface area (Å²) in [7, 11) is 0. The monoisotopic (exact) mass is 364 g/mol. The highest BCUT2D eigenvalue weighted by Crippen LogP contribution is 2.28. The van der Waals surface area contributed by atoms with Gasteiger partial charge in [0.25, 0.3) is 11.8 Å². The third-order valence-electron chi connectivity index (χ3n) is 4.15. The summed E-state index contributed by atoms with van der Waals surface area (Å²) < 4.78 is 5.24. The molecule has 6 heteroatoms. The van der Waals surface area contributed by atoms with Gasteiger partial charge >= 0.3 is 0 Å². The van der Waals surface area contributed by atoms with Crippen molar-refractivity contribution in [2.75, 3.05) is 6.26 Å². The lowest BCUT2D eigenvalue weighted by Crippen LogP contribution is -2.42. The number of nitriles is 1. The molecule has 0 radical (unpaired) electrons. The maximum absolute atomic E-state index is 12.9. The van der Waals surface area contributed by atoms with Gasteiger partial charge in [-0.05, 0) is 54.7 Å². The fraction of sp³-hybridized carbons (Fsp3) is 0.150. The highest BCUT2D eigenvalue weighted by molar-refractivity contribution is 7.98. The van der Waals surface area contributed by atoms with Crippen molar-refractivity contribution in [3.05, 3.63) is 70.7 Å². The third kappa shape index (κ3) is 3.35. The molecule has 0 N–H and O–H groups in total.